The first-order valence-corrected chi connectivity index (χ1v) is 10.3. The molecule has 1 amide bonds. The van der Waals surface area contributed by atoms with Gasteiger partial charge in [0.15, 0.2) is 0 Å². The van der Waals surface area contributed by atoms with Crippen molar-refractivity contribution in [1.82, 2.24) is 5.32 Å². The summed E-state index contributed by atoms with van der Waals surface area (Å²) in [6.07, 6.45) is 0.730. The van der Waals surface area contributed by atoms with E-state index in [2.05, 4.69) is 17.4 Å². The average molecular weight is 386 g/mol. The molecular weight excluding hydrogens is 358 g/mol. The van der Waals surface area contributed by atoms with Gasteiger partial charge in [0, 0.05) is 23.8 Å². The van der Waals surface area contributed by atoms with Crippen molar-refractivity contribution in [3.8, 4) is 11.5 Å². The smallest absolute Gasteiger partial charge is 0.233 e. The Morgan fingerprint density at radius 3 is 2.74 bits per heavy atom. The van der Waals surface area contributed by atoms with Crippen LogP contribution in [0.5, 0.6) is 11.5 Å². The third-order valence-corrected chi connectivity index (χ3v) is 5.92. The normalized spacial score (nSPS) is 18.7. The molecule has 0 aliphatic carbocycles. The van der Waals surface area contributed by atoms with Crippen LogP contribution < -0.4 is 14.8 Å². The van der Waals surface area contributed by atoms with Crippen LogP contribution in [0.15, 0.2) is 48.5 Å². The highest BCUT2D eigenvalue weighted by Gasteiger charge is 2.35. The fourth-order valence-electron chi connectivity index (χ4n) is 3.25. The highest BCUT2D eigenvalue weighted by molar-refractivity contribution is 7.99. The molecule has 0 unspecified atom stereocenters. The molecule has 5 heteroatoms. The standard InChI is InChI=1S/C22H27NO3S/c1-15(27-14-16-8-6-5-7-9-16)21(24)23-19-13-22(2,3)26-20-12-17(25-4)10-11-18(19)20/h5-12,15,19H,13-14H2,1-4H3,(H,23,24)/t15-,19-/m0/s1. The van der Waals surface area contributed by atoms with Gasteiger partial charge in [-0.05, 0) is 38.5 Å². The van der Waals surface area contributed by atoms with Gasteiger partial charge in [0.25, 0.3) is 0 Å². The molecule has 0 saturated carbocycles. The summed E-state index contributed by atoms with van der Waals surface area (Å²) in [6.45, 7) is 6.05. The van der Waals surface area contributed by atoms with Gasteiger partial charge in [-0.3, -0.25) is 4.79 Å². The van der Waals surface area contributed by atoms with E-state index < -0.39 is 0 Å². The molecule has 1 aliphatic rings. The number of nitrogens with one attached hydrogen (secondary N) is 1. The summed E-state index contributed by atoms with van der Waals surface area (Å²) >= 11 is 1.65. The van der Waals surface area contributed by atoms with Gasteiger partial charge in [-0.1, -0.05) is 30.3 Å². The van der Waals surface area contributed by atoms with Gasteiger partial charge in [0.1, 0.15) is 17.1 Å². The Labute approximate surface area is 165 Å². The van der Waals surface area contributed by atoms with Crippen LogP contribution in [-0.2, 0) is 10.5 Å². The van der Waals surface area contributed by atoms with Crippen LogP contribution in [0.1, 0.15) is 44.4 Å². The van der Waals surface area contributed by atoms with E-state index in [1.54, 1.807) is 18.9 Å². The second-order valence-corrected chi connectivity index (χ2v) is 8.80. The van der Waals surface area contributed by atoms with Crippen molar-refractivity contribution in [3.05, 3.63) is 59.7 Å². The van der Waals surface area contributed by atoms with Gasteiger partial charge < -0.3 is 14.8 Å². The van der Waals surface area contributed by atoms with Gasteiger partial charge in [-0.15, -0.1) is 11.8 Å². The summed E-state index contributed by atoms with van der Waals surface area (Å²) in [5.74, 6) is 2.41. The average Bonchev–Trinajstić information content (AvgIpc) is 2.65. The number of hydrogen-bond donors (Lipinski definition) is 1. The van der Waals surface area contributed by atoms with Crippen LogP contribution in [0.3, 0.4) is 0 Å². The summed E-state index contributed by atoms with van der Waals surface area (Å²) in [4.78, 5) is 12.8. The highest BCUT2D eigenvalue weighted by atomic mass is 32.2. The van der Waals surface area contributed by atoms with E-state index in [1.165, 1.54) is 5.56 Å². The Morgan fingerprint density at radius 1 is 1.30 bits per heavy atom. The maximum Gasteiger partial charge on any atom is 0.233 e. The number of amides is 1. The van der Waals surface area contributed by atoms with Crippen molar-refractivity contribution in [1.29, 1.82) is 0 Å². The number of rotatable bonds is 6. The molecule has 144 valence electrons. The Balaban J connectivity index is 1.68. The van der Waals surface area contributed by atoms with E-state index in [-0.39, 0.29) is 22.8 Å². The molecule has 1 heterocycles. The summed E-state index contributed by atoms with van der Waals surface area (Å²) < 4.78 is 11.4. The lowest BCUT2D eigenvalue weighted by atomic mass is 9.89. The van der Waals surface area contributed by atoms with Crippen molar-refractivity contribution < 1.29 is 14.3 Å². The molecule has 0 spiro atoms. The predicted molar refractivity (Wildman–Crippen MR) is 110 cm³/mol. The van der Waals surface area contributed by atoms with Crippen LogP contribution in [0, 0.1) is 0 Å². The lowest BCUT2D eigenvalue weighted by molar-refractivity contribution is -0.121. The lowest BCUT2D eigenvalue weighted by Gasteiger charge is -2.38. The zero-order valence-electron chi connectivity index (χ0n) is 16.3. The molecular formula is C22H27NO3S. The fourth-order valence-corrected chi connectivity index (χ4v) is 4.10. The quantitative estimate of drug-likeness (QED) is 0.780. The molecule has 4 nitrogen and oxygen atoms in total. The van der Waals surface area contributed by atoms with E-state index in [1.807, 2.05) is 57.2 Å². The number of carbonyl (C=O) groups excluding carboxylic acids is 1. The second kappa shape index (κ2) is 8.26. The number of benzene rings is 2. The zero-order valence-corrected chi connectivity index (χ0v) is 17.1. The molecule has 0 fully saturated rings. The first-order valence-electron chi connectivity index (χ1n) is 9.21. The van der Waals surface area contributed by atoms with E-state index in [4.69, 9.17) is 9.47 Å². The number of fused-ring (bicyclic) bond motifs is 1. The number of methoxy groups -OCH3 is 1. The van der Waals surface area contributed by atoms with E-state index in [0.717, 1.165) is 29.2 Å². The Bertz CT molecular complexity index is 791. The molecule has 2 aromatic rings. The summed E-state index contributed by atoms with van der Waals surface area (Å²) in [6, 6.07) is 15.9. The van der Waals surface area contributed by atoms with Crippen LogP contribution in [0.2, 0.25) is 0 Å². The summed E-state index contributed by atoms with van der Waals surface area (Å²) in [5.41, 5.74) is 1.88. The minimum absolute atomic E-state index is 0.0559. The Hall–Kier alpha value is -2.14. The number of carbonyl (C=O) groups is 1. The van der Waals surface area contributed by atoms with Crippen molar-refractivity contribution >= 4 is 17.7 Å². The number of ether oxygens (including phenoxy) is 2. The number of hydrogen-bond acceptors (Lipinski definition) is 4. The fraction of sp³-hybridized carbons (Fsp3) is 0.409. The van der Waals surface area contributed by atoms with E-state index >= 15 is 0 Å². The van der Waals surface area contributed by atoms with Crippen molar-refractivity contribution in [2.75, 3.05) is 7.11 Å². The van der Waals surface area contributed by atoms with Crippen LogP contribution in [0.4, 0.5) is 0 Å². The van der Waals surface area contributed by atoms with Crippen LogP contribution in [-0.4, -0.2) is 23.9 Å². The third kappa shape index (κ3) is 4.98. The lowest BCUT2D eigenvalue weighted by Crippen LogP contribution is -2.43. The molecule has 0 radical (unpaired) electrons. The molecule has 27 heavy (non-hydrogen) atoms. The minimum atomic E-state index is -0.349. The van der Waals surface area contributed by atoms with Crippen molar-refractivity contribution in [2.24, 2.45) is 0 Å². The van der Waals surface area contributed by atoms with Gasteiger partial charge in [0.2, 0.25) is 5.91 Å². The van der Waals surface area contributed by atoms with Crippen LogP contribution in [0.25, 0.3) is 0 Å². The van der Waals surface area contributed by atoms with Gasteiger partial charge in [0.05, 0.1) is 18.4 Å². The Kier molecular flexibility index (Phi) is 6.00. The maximum atomic E-state index is 12.8. The predicted octanol–water partition coefficient (Wildman–Crippen LogP) is 4.74. The molecule has 0 bridgehead atoms. The molecule has 1 aliphatic heterocycles. The summed E-state index contributed by atoms with van der Waals surface area (Å²) in [7, 11) is 1.64. The minimum Gasteiger partial charge on any atom is -0.497 e. The van der Waals surface area contributed by atoms with Crippen molar-refractivity contribution in [2.45, 2.75) is 49.8 Å². The molecule has 2 aromatic carbocycles. The molecule has 3 rings (SSSR count). The first-order chi connectivity index (χ1) is 12.9. The van der Waals surface area contributed by atoms with Crippen LogP contribution >= 0.6 is 11.8 Å². The van der Waals surface area contributed by atoms with E-state index in [0.29, 0.717) is 0 Å². The molecule has 2 atom stereocenters. The van der Waals surface area contributed by atoms with Gasteiger partial charge in [-0.2, -0.15) is 0 Å². The SMILES string of the molecule is COc1ccc2c(c1)OC(C)(C)C[C@@H]2NC(=O)[C@H](C)SCc1ccccc1. The zero-order chi connectivity index (χ0) is 19.4. The molecule has 1 N–H and O–H groups in total. The first kappa shape index (κ1) is 19.6. The monoisotopic (exact) mass is 385 g/mol. The largest absolute Gasteiger partial charge is 0.497 e. The maximum absolute atomic E-state index is 12.8. The Morgan fingerprint density at radius 2 is 2.04 bits per heavy atom. The molecule has 0 aromatic heterocycles. The highest BCUT2D eigenvalue weighted by Crippen LogP contribution is 2.41. The van der Waals surface area contributed by atoms with Gasteiger partial charge >= 0.3 is 0 Å². The number of thioether (sulfide) groups is 1. The van der Waals surface area contributed by atoms with Crippen molar-refractivity contribution in [3.63, 3.8) is 0 Å². The molecule has 0 saturated heterocycles. The van der Waals surface area contributed by atoms with Gasteiger partial charge in [-0.25, -0.2) is 0 Å². The second-order valence-electron chi connectivity index (χ2n) is 7.47. The summed E-state index contributed by atoms with van der Waals surface area (Å²) in [5, 5.41) is 3.10. The third-order valence-electron chi connectivity index (χ3n) is 4.71. The topological polar surface area (TPSA) is 47.6 Å². The van der Waals surface area contributed by atoms with E-state index in [9.17, 15) is 4.79 Å².